The SMILES string of the molecule is CN1CCN2CC=[N+](C)[C-]3C=[N+](C)[CH-]C1=C32. The molecule has 0 amide bonds. The minimum Gasteiger partial charge on any atom is -0.439 e. The van der Waals surface area contributed by atoms with Crippen LogP contribution in [-0.2, 0) is 0 Å². The van der Waals surface area contributed by atoms with Crippen LogP contribution in [0.1, 0.15) is 0 Å². The molecule has 0 bridgehead atoms. The molecule has 3 rings (SSSR count). The van der Waals surface area contributed by atoms with Crippen LogP contribution in [0.5, 0.6) is 0 Å². The second kappa shape index (κ2) is 3.20. The highest BCUT2D eigenvalue weighted by Crippen LogP contribution is 2.31. The molecule has 4 heteroatoms. The van der Waals surface area contributed by atoms with E-state index in [1.54, 1.807) is 0 Å². The molecular weight excluding hydrogens is 200 g/mol. The Kier molecular flexibility index (Phi) is 1.93. The molecule has 0 aromatic heterocycles. The van der Waals surface area contributed by atoms with E-state index in [9.17, 15) is 0 Å². The zero-order valence-corrected chi connectivity index (χ0v) is 10.1. The van der Waals surface area contributed by atoms with E-state index in [-0.39, 0.29) is 0 Å². The van der Waals surface area contributed by atoms with Gasteiger partial charge in [-0.1, -0.05) is 11.4 Å². The lowest BCUT2D eigenvalue weighted by Gasteiger charge is -2.52. The fraction of sp³-hybridized carbons (Fsp3) is 0.500. The Morgan fingerprint density at radius 2 is 2.19 bits per heavy atom. The fourth-order valence-corrected chi connectivity index (χ4v) is 2.54. The van der Waals surface area contributed by atoms with Crippen LogP contribution in [0.25, 0.3) is 0 Å². The highest BCUT2D eigenvalue weighted by atomic mass is 15.3. The lowest BCUT2D eigenvalue weighted by Crippen LogP contribution is -2.50. The number of hydrogen-bond acceptors (Lipinski definition) is 2. The van der Waals surface area contributed by atoms with E-state index in [1.165, 1.54) is 17.4 Å². The predicted octanol–water partition coefficient (Wildman–Crippen LogP) is -0.407. The van der Waals surface area contributed by atoms with Gasteiger partial charge in [0.15, 0.2) is 0 Å². The molecule has 3 aliphatic rings. The van der Waals surface area contributed by atoms with Crippen LogP contribution in [0, 0.1) is 12.6 Å². The Balaban J connectivity index is 2.11. The van der Waals surface area contributed by atoms with E-state index in [1.807, 2.05) is 0 Å². The minimum absolute atomic E-state index is 1.03. The van der Waals surface area contributed by atoms with Gasteiger partial charge in [0.05, 0.1) is 18.5 Å². The van der Waals surface area contributed by atoms with Gasteiger partial charge in [0, 0.05) is 26.2 Å². The molecule has 0 saturated carbocycles. The molecule has 0 spiro atoms. The van der Waals surface area contributed by atoms with Crippen molar-refractivity contribution in [3.05, 3.63) is 24.0 Å². The molecule has 0 aromatic rings. The van der Waals surface area contributed by atoms with Gasteiger partial charge in [-0.15, -0.1) is 0 Å². The molecule has 0 saturated heterocycles. The third-order valence-corrected chi connectivity index (χ3v) is 3.53. The molecular formula is C12H18N4. The summed E-state index contributed by atoms with van der Waals surface area (Å²) in [6, 6.07) is 1.30. The standard InChI is InChI=1S/C12H18N4/c1-13-8-10-12-11(9-13)15(3)5-7-16(12)6-4-14(10)2/h4,8-9H,5-7H2,1-3H3. The summed E-state index contributed by atoms with van der Waals surface area (Å²) in [6.45, 7) is 5.46. The van der Waals surface area contributed by atoms with Crippen LogP contribution in [0.4, 0.5) is 0 Å². The lowest BCUT2D eigenvalue weighted by atomic mass is 10.0. The fourth-order valence-electron chi connectivity index (χ4n) is 2.54. The molecule has 0 aromatic carbocycles. The Morgan fingerprint density at radius 3 is 3.00 bits per heavy atom. The normalized spacial score (nSPS) is 23.8. The Labute approximate surface area is 96.8 Å². The van der Waals surface area contributed by atoms with Crippen molar-refractivity contribution in [1.82, 2.24) is 9.80 Å². The number of rotatable bonds is 0. The Hall–Kier alpha value is -1.58. The summed E-state index contributed by atoms with van der Waals surface area (Å²) in [5.41, 5.74) is 2.73. The van der Waals surface area contributed by atoms with Gasteiger partial charge in [-0.3, -0.25) is 0 Å². The summed E-state index contributed by atoms with van der Waals surface area (Å²) in [7, 11) is 6.39. The van der Waals surface area contributed by atoms with Crippen molar-refractivity contribution in [2.45, 2.75) is 0 Å². The first-order valence-corrected chi connectivity index (χ1v) is 5.72. The smallest absolute Gasteiger partial charge is 0.114 e. The Morgan fingerprint density at radius 1 is 1.38 bits per heavy atom. The monoisotopic (exact) mass is 218 g/mol. The summed E-state index contributed by atoms with van der Waals surface area (Å²) in [5, 5.41) is 0. The van der Waals surface area contributed by atoms with Crippen LogP contribution in [0.2, 0.25) is 0 Å². The highest BCUT2D eigenvalue weighted by Gasteiger charge is 2.28. The highest BCUT2D eigenvalue weighted by molar-refractivity contribution is 5.78. The molecule has 0 N–H and O–H groups in total. The summed E-state index contributed by atoms with van der Waals surface area (Å²) >= 11 is 0. The van der Waals surface area contributed by atoms with Crippen molar-refractivity contribution in [3.8, 4) is 0 Å². The van der Waals surface area contributed by atoms with Crippen LogP contribution < -0.4 is 0 Å². The molecule has 86 valence electrons. The third-order valence-electron chi connectivity index (χ3n) is 3.53. The maximum atomic E-state index is 2.46. The number of likely N-dealkylation sites (N-methyl/N-ethyl adjacent to an activating group) is 3. The van der Waals surface area contributed by atoms with E-state index in [0.717, 1.165) is 19.6 Å². The average Bonchev–Trinajstić information content (AvgIpc) is 2.27. The van der Waals surface area contributed by atoms with E-state index in [2.05, 4.69) is 59.1 Å². The van der Waals surface area contributed by atoms with Gasteiger partial charge in [-0.05, 0) is 7.05 Å². The summed E-state index contributed by atoms with van der Waals surface area (Å²) in [5.74, 6) is 0. The van der Waals surface area contributed by atoms with E-state index in [0.29, 0.717) is 0 Å². The molecule has 0 atom stereocenters. The van der Waals surface area contributed by atoms with Gasteiger partial charge in [0.2, 0.25) is 0 Å². The van der Waals surface area contributed by atoms with E-state index in [4.69, 9.17) is 0 Å². The van der Waals surface area contributed by atoms with Gasteiger partial charge in [0.25, 0.3) is 0 Å². The lowest BCUT2D eigenvalue weighted by molar-refractivity contribution is -0.495. The van der Waals surface area contributed by atoms with E-state index < -0.39 is 0 Å². The summed E-state index contributed by atoms with van der Waals surface area (Å²) in [6.07, 6.45) is 4.44. The summed E-state index contributed by atoms with van der Waals surface area (Å²) < 4.78 is 4.37. The molecule has 16 heavy (non-hydrogen) atoms. The van der Waals surface area contributed by atoms with Gasteiger partial charge in [-0.25, -0.2) is 0 Å². The zero-order valence-electron chi connectivity index (χ0n) is 10.1. The molecule has 0 unspecified atom stereocenters. The second-order valence-corrected chi connectivity index (χ2v) is 4.70. The number of nitrogens with zero attached hydrogens (tertiary/aromatic N) is 4. The predicted molar refractivity (Wildman–Crippen MR) is 63.3 cm³/mol. The molecule has 3 aliphatic heterocycles. The van der Waals surface area contributed by atoms with Crippen molar-refractivity contribution in [1.29, 1.82) is 0 Å². The minimum atomic E-state index is 1.03. The molecule has 0 fully saturated rings. The molecule has 0 radical (unpaired) electrons. The van der Waals surface area contributed by atoms with Crippen LogP contribution in [0.15, 0.2) is 11.4 Å². The Bertz CT molecular complexity index is 419. The molecule has 3 heterocycles. The maximum absolute atomic E-state index is 2.46. The summed E-state index contributed by atoms with van der Waals surface area (Å²) in [4.78, 5) is 4.80. The third kappa shape index (κ3) is 1.22. The van der Waals surface area contributed by atoms with Crippen LogP contribution >= 0.6 is 0 Å². The van der Waals surface area contributed by atoms with Gasteiger partial charge >= 0.3 is 0 Å². The van der Waals surface area contributed by atoms with Crippen molar-refractivity contribution in [2.24, 2.45) is 0 Å². The first-order chi connectivity index (χ1) is 7.66. The van der Waals surface area contributed by atoms with Gasteiger partial charge in [-0.2, -0.15) is 0 Å². The molecule has 0 aliphatic carbocycles. The van der Waals surface area contributed by atoms with Gasteiger partial charge < -0.3 is 19.0 Å². The zero-order chi connectivity index (χ0) is 11.3. The average molecular weight is 218 g/mol. The van der Waals surface area contributed by atoms with Gasteiger partial charge in [0.1, 0.15) is 14.1 Å². The van der Waals surface area contributed by atoms with Crippen molar-refractivity contribution in [3.63, 3.8) is 0 Å². The van der Waals surface area contributed by atoms with Crippen LogP contribution in [0.3, 0.4) is 0 Å². The second-order valence-electron chi connectivity index (χ2n) is 4.70. The topological polar surface area (TPSA) is 12.5 Å². The number of hydrogen-bond donors (Lipinski definition) is 0. The molecule has 4 nitrogen and oxygen atoms in total. The van der Waals surface area contributed by atoms with Crippen molar-refractivity contribution < 1.29 is 9.15 Å². The van der Waals surface area contributed by atoms with E-state index >= 15 is 0 Å². The quantitative estimate of drug-likeness (QED) is 0.405. The first kappa shape index (κ1) is 9.63. The van der Waals surface area contributed by atoms with Crippen LogP contribution in [-0.4, -0.2) is 72.2 Å². The van der Waals surface area contributed by atoms with Crippen molar-refractivity contribution in [2.75, 3.05) is 40.8 Å². The first-order valence-electron chi connectivity index (χ1n) is 5.72. The van der Waals surface area contributed by atoms with Crippen molar-refractivity contribution >= 4 is 12.4 Å². The maximum Gasteiger partial charge on any atom is 0.114 e. The largest absolute Gasteiger partial charge is 0.439 e.